The lowest BCUT2D eigenvalue weighted by atomic mass is 10.1. The average molecular weight is 377 g/mol. The average Bonchev–Trinajstić information content (AvgIpc) is 3.17. The van der Waals surface area contributed by atoms with E-state index in [0.717, 1.165) is 5.56 Å². The predicted molar refractivity (Wildman–Crippen MR) is 105 cm³/mol. The summed E-state index contributed by atoms with van der Waals surface area (Å²) in [6.45, 7) is 0. The molecule has 0 saturated heterocycles. The Morgan fingerprint density at radius 3 is 2.68 bits per heavy atom. The second kappa shape index (κ2) is 7.48. The first kappa shape index (κ1) is 17.7. The number of anilines is 2. The van der Waals surface area contributed by atoms with Crippen molar-refractivity contribution in [1.82, 2.24) is 4.98 Å². The van der Waals surface area contributed by atoms with E-state index in [1.807, 2.05) is 36.4 Å². The van der Waals surface area contributed by atoms with Gasteiger partial charge in [-0.1, -0.05) is 18.2 Å². The fourth-order valence-electron chi connectivity index (χ4n) is 3.03. The summed E-state index contributed by atoms with van der Waals surface area (Å²) in [5.74, 6) is 2.14. The third-order valence-electron chi connectivity index (χ3n) is 4.42. The summed E-state index contributed by atoms with van der Waals surface area (Å²) in [6, 6.07) is 16.2. The number of ether oxygens (including phenoxy) is 3. The van der Waals surface area contributed by atoms with Gasteiger partial charge in [0.1, 0.15) is 0 Å². The molecule has 1 aromatic heterocycles. The smallest absolute Gasteiger partial charge is 0.255 e. The van der Waals surface area contributed by atoms with Crippen LogP contribution in [0, 0.1) is 0 Å². The van der Waals surface area contributed by atoms with Gasteiger partial charge in [0.05, 0.1) is 14.2 Å². The highest BCUT2D eigenvalue weighted by Gasteiger charge is 2.26. The maximum atomic E-state index is 12.8. The van der Waals surface area contributed by atoms with Gasteiger partial charge in [-0.25, -0.2) is 4.98 Å². The topological polar surface area (TPSA) is 81.7 Å². The number of nitrogens with zero attached hydrogens (tertiary/aromatic N) is 1. The van der Waals surface area contributed by atoms with Gasteiger partial charge in [-0.15, -0.1) is 0 Å². The number of hydrogen-bond donors (Lipinski definition) is 2. The number of fused-ring (bicyclic) bond motifs is 1. The fraction of sp³-hybridized carbons (Fsp3) is 0.143. The molecule has 0 radical (unpaired) electrons. The van der Waals surface area contributed by atoms with Crippen LogP contribution in [-0.4, -0.2) is 25.1 Å². The molecule has 2 aromatic carbocycles. The Morgan fingerprint density at radius 2 is 1.89 bits per heavy atom. The van der Waals surface area contributed by atoms with E-state index in [2.05, 4.69) is 15.6 Å². The van der Waals surface area contributed by atoms with Crippen LogP contribution in [0.5, 0.6) is 17.2 Å². The number of methoxy groups -OCH3 is 2. The number of amides is 1. The van der Waals surface area contributed by atoms with Crippen molar-refractivity contribution in [3.05, 3.63) is 71.9 Å². The lowest BCUT2D eigenvalue weighted by Gasteiger charge is -2.17. The van der Waals surface area contributed by atoms with E-state index in [0.29, 0.717) is 34.3 Å². The Bertz CT molecular complexity index is 997. The molecule has 1 amide bonds. The van der Waals surface area contributed by atoms with E-state index in [4.69, 9.17) is 14.2 Å². The van der Waals surface area contributed by atoms with Gasteiger partial charge in [-0.3, -0.25) is 4.79 Å². The van der Waals surface area contributed by atoms with Crippen molar-refractivity contribution in [3.8, 4) is 17.2 Å². The maximum Gasteiger partial charge on any atom is 0.255 e. The summed E-state index contributed by atoms with van der Waals surface area (Å²) in [7, 11) is 3.08. The van der Waals surface area contributed by atoms with Crippen LogP contribution in [0.1, 0.15) is 22.1 Å². The molecule has 1 aliphatic rings. The number of benzene rings is 2. The Hall–Kier alpha value is -3.74. The van der Waals surface area contributed by atoms with Crippen LogP contribution in [0.25, 0.3) is 0 Å². The molecule has 2 heterocycles. The third-order valence-corrected chi connectivity index (χ3v) is 4.42. The molecule has 0 fully saturated rings. The zero-order valence-corrected chi connectivity index (χ0v) is 15.4. The van der Waals surface area contributed by atoms with Gasteiger partial charge < -0.3 is 24.8 Å². The number of pyridine rings is 1. The highest BCUT2D eigenvalue weighted by atomic mass is 16.5. The van der Waals surface area contributed by atoms with Crippen LogP contribution in [0.4, 0.5) is 11.5 Å². The van der Waals surface area contributed by atoms with Gasteiger partial charge >= 0.3 is 0 Å². The van der Waals surface area contributed by atoms with E-state index >= 15 is 0 Å². The van der Waals surface area contributed by atoms with Crippen LogP contribution in [0.15, 0.2) is 60.8 Å². The van der Waals surface area contributed by atoms with Gasteiger partial charge in [0, 0.05) is 23.0 Å². The summed E-state index contributed by atoms with van der Waals surface area (Å²) >= 11 is 0. The van der Waals surface area contributed by atoms with Gasteiger partial charge in [0.25, 0.3) is 5.91 Å². The molecule has 2 N–H and O–H groups in total. The van der Waals surface area contributed by atoms with Gasteiger partial charge in [0.2, 0.25) is 0 Å². The highest BCUT2D eigenvalue weighted by Crippen LogP contribution is 2.38. The van der Waals surface area contributed by atoms with E-state index in [-0.39, 0.29) is 5.91 Å². The number of para-hydroxylation sites is 1. The van der Waals surface area contributed by atoms with Crippen molar-refractivity contribution in [1.29, 1.82) is 0 Å². The number of nitrogens with one attached hydrogen (secondary N) is 2. The molecule has 0 bridgehead atoms. The summed E-state index contributed by atoms with van der Waals surface area (Å²) in [6.07, 6.45) is 1.26. The number of carbonyl (C=O) groups excluding carboxylic acids is 1. The summed E-state index contributed by atoms with van der Waals surface area (Å²) in [4.78, 5) is 17.0. The number of carbonyl (C=O) groups is 1. The molecule has 0 spiro atoms. The molecule has 142 valence electrons. The van der Waals surface area contributed by atoms with Gasteiger partial charge in [-0.05, 0) is 36.4 Å². The second-order valence-corrected chi connectivity index (χ2v) is 6.10. The van der Waals surface area contributed by atoms with Gasteiger partial charge in [0.15, 0.2) is 29.3 Å². The van der Waals surface area contributed by atoms with Crippen molar-refractivity contribution in [2.45, 2.75) is 6.23 Å². The molecule has 1 atom stereocenters. The fourth-order valence-corrected chi connectivity index (χ4v) is 3.03. The molecule has 0 aliphatic carbocycles. The number of rotatable bonds is 5. The molecule has 3 aromatic rings. The maximum absolute atomic E-state index is 12.8. The number of hydrogen-bond acceptors (Lipinski definition) is 6. The molecule has 1 unspecified atom stereocenters. The third kappa shape index (κ3) is 3.29. The van der Waals surface area contributed by atoms with Crippen molar-refractivity contribution in [3.63, 3.8) is 0 Å². The van der Waals surface area contributed by atoms with E-state index in [1.54, 1.807) is 31.5 Å². The Morgan fingerprint density at radius 1 is 1.07 bits per heavy atom. The SMILES string of the molecule is COc1ccc(C(=O)Nc2ccccc2C2Nc3ncccc3O2)cc1OC. The largest absolute Gasteiger partial charge is 0.493 e. The first-order valence-corrected chi connectivity index (χ1v) is 8.70. The first-order valence-electron chi connectivity index (χ1n) is 8.70. The normalized spacial score (nSPS) is 14.4. The molecule has 0 saturated carbocycles. The molecule has 7 heteroatoms. The Kier molecular flexibility index (Phi) is 4.72. The Labute approximate surface area is 162 Å². The predicted octanol–water partition coefficient (Wildman–Crippen LogP) is 3.85. The van der Waals surface area contributed by atoms with Crippen LogP contribution in [0.2, 0.25) is 0 Å². The van der Waals surface area contributed by atoms with Crippen LogP contribution >= 0.6 is 0 Å². The second-order valence-electron chi connectivity index (χ2n) is 6.10. The van der Waals surface area contributed by atoms with Crippen LogP contribution in [0.3, 0.4) is 0 Å². The Balaban J connectivity index is 1.57. The summed E-state index contributed by atoms with van der Waals surface area (Å²) in [5.41, 5.74) is 1.90. The van der Waals surface area contributed by atoms with Crippen molar-refractivity contribution in [2.24, 2.45) is 0 Å². The van der Waals surface area contributed by atoms with Gasteiger partial charge in [-0.2, -0.15) is 0 Å². The minimum Gasteiger partial charge on any atom is -0.493 e. The lowest BCUT2D eigenvalue weighted by Crippen LogP contribution is -2.17. The molecular formula is C21H19N3O4. The minimum atomic E-state index is -0.438. The van der Waals surface area contributed by atoms with Crippen LogP contribution < -0.4 is 24.8 Å². The molecule has 4 rings (SSSR count). The summed E-state index contributed by atoms with van der Waals surface area (Å²) in [5, 5.41) is 6.16. The first-order chi connectivity index (χ1) is 13.7. The van der Waals surface area contributed by atoms with Crippen molar-refractivity contribution in [2.75, 3.05) is 24.9 Å². The van der Waals surface area contributed by atoms with E-state index < -0.39 is 6.23 Å². The minimum absolute atomic E-state index is 0.262. The standard InChI is InChI=1S/C21H19N3O4/c1-26-16-10-9-13(12-18(16)27-2)20(25)23-15-7-4-3-6-14(15)21-24-19-17(28-21)8-5-11-22-19/h3-12,21H,1-2H3,(H,22,24)(H,23,25). The van der Waals surface area contributed by atoms with Crippen molar-refractivity contribution < 1.29 is 19.0 Å². The van der Waals surface area contributed by atoms with Crippen molar-refractivity contribution >= 4 is 17.4 Å². The zero-order valence-electron chi connectivity index (χ0n) is 15.4. The highest BCUT2D eigenvalue weighted by molar-refractivity contribution is 6.05. The molecule has 28 heavy (non-hydrogen) atoms. The van der Waals surface area contributed by atoms with E-state index in [1.165, 1.54) is 7.11 Å². The number of aromatic nitrogens is 1. The molecular weight excluding hydrogens is 358 g/mol. The van der Waals surface area contributed by atoms with Crippen LogP contribution in [-0.2, 0) is 0 Å². The molecule has 1 aliphatic heterocycles. The molecule has 7 nitrogen and oxygen atoms in total. The monoisotopic (exact) mass is 377 g/mol. The van der Waals surface area contributed by atoms with E-state index in [9.17, 15) is 4.79 Å². The zero-order chi connectivity index (χ0) is 19.5. The quantitative estimate of drug-likeness (QED) is 0.703. The lowest BCUT2D eigenvalue weighted by molar-refractivity contribution is 0.102. The summed E-state index contributed by atoms with van der Waals surface area (Å²) < 4.78 is 16.4.